The Morgan fingerprint density at radius 3 is 2.90 bits per heavy atom. The summed E-state index contributed by atoms with van der Waals surface area (Å²) in [5, 5.41) is 17.8. The topological polar surface area (TPSA) is 66.7 Å². The SMILES string of the molecule is OCCn1[nH]nnc1=S.[H-].[Na+]. The van der Waals surface area contributed by atoms with Gasteiger partial charge < -0.3 is 6.53 Å². The summed E-state index contributed by atoms with van der Waals surface area (Å²) in [6, 6.07) is 0. The van der Waals surface area contributed by atoms with E-state index in [0.717, 1.165) is 0 Å². The minimum atomic E-state index is 0. The maximum atomic E-state index is 8.42. The number of aliphatic hydroxyl groups is 1. The molecule has 0 aliphatic carbocycles. The maximum Gasteiger partial charge on any atom is 1.00 e. The quantitative estimate of drug-likeness (QED) is 0.356. The molecule has 0 radical (unpaired) electrons. The molecule has 7 heteroatoms. The third-order valence-corrected chi connectivity index (χ3v) is 1.16. The van der Waals surface area contributed by atoms with Gasteiger partial charge in [0.15, 0.2) is 0 Å². The van der Waals surface area contributed by atoms with Crippen molar-refractivity contribution in [3.63, 3.8) is 0 Å². The molecule has 10 heavy (non-hydrogen) atoms. The van der Waals surface area contributed by atoms with Gasteiger partial charge in [0.05, 0.1) is 13.2 Å². The molecule has 1 aromatic heterocycles. The summed E-state index contributed by atoms with van der Waals surface area (Å²) >= 11 is 4.70. The van der Waals surface area contributed by atoms with Gasteiger partial charge in [0, 0.05) is 0 Å². The Morgan fingerprint density at radius 2 is 2.50 bits per heavy atom. The van der Waals surface area contributed by atoms with Crippen LogP contribution in [0.3, 0.4) is 0 Å². The van der Waals surface area contributed by atoms with E-state index in [1.807, 2.05) is 0 Å². The van der Waals surface area contributed by atoms with E-state index in [-0.39, 0.29) is 37.6 Å². The number of hydrogen-bond acceptors (Lipinski definition) is 4. The number of aromatic amines is 1. The standard InChI is InChI=1S/C3H6N4OS.Na.H/c8-2-1-7-3(9)4-5-6-7;;/h8H,1-2H2,(H,4,6,9);;/q;+1;-1. The van der Waals surface area contributed by atoms with Gasteiger partial charge in [-0.15, -0.1) is 0 Å². The van der Waals surface area contributed by atoms with Crippen LogP contribution >= 0.6 is 12.2 Å². The molecule has 0 aliphatic rings. The molecule has 0 aromatic carbocycles. The number of rotatable bonds is 2. The molecule has 1 rings (SSSR count). The number of aromatic nitrogens is 4. The minimum absolute atomic E-state index is 0. The molecular weight excluding hydrogens is 163 g/mol. The largest absolute Gasteiger partial charge is 1.00 e. The number of H-pyrrole nitrogens is 1. The second-order valence-corrected chi connectivity index (χ2v) is 1.82. The molecule has 5 nitrogen and oxygen atoms in total. The number of nitrogens with zero attached hydrogens (tertiary/aromatic N) is 3. The third kappa shape index (κ3) is 2.47. The van der Waals surface area contributed by atoms with Crippen LogP contribution in [0.5, 0.6) is 0 Å². The van der Waals surface area contributed by atoms with E-state index >= 15 is 0 Å². The summed E-state index contributed by atoms with van der Waals surface area (Å²) in [5.41, 5.74) is 0. The van der Waals surface area contributed by atoms with Crippen molar-refractivity contribution < 1.29 is 36.1 Å². The third-order valence-electron chi connectivity index (χ3n) is 0.855. The first-order valence-corrected chi connectivity index (χ1v) is 2.84. The van der Waals surface area contributed by atoms with E-state index in [1.54, 1.807) is 0 Å². The monoisotopic (exact) mass is 170 g/mol. The predicted octanol–water partition coefficient (Wildman–Crippen LogP) is -3.56. The zero-order chi connectivity index (χ0) is 6.69. The molecule has 0 saturated carbocycles. The Bertz CT molecular complexity index is 237. The summed E-state index contributed by atoms with van der Waals surface area (Å²) in [7, 11) is 0. The van der Waals surface area contributed by atoms with Crippen LogP contribution in [0.4, 0.5) is 0 Å². The van der Waals surface area contributed by atoms with Gasteiger partial charge in [0.25, 0.3) is 0 Å². The normalized spacial score (nSPS) is 8.90. The van der Waals surface area contributed by atoms with Crippen molar-refractivity contribution in [2.24, 2.45) is 0 Å². The van der Waals surface area contributed by atoms with E-state index in [2.05, 4.69) is 15.5 Å². The van der Waals surface area contributed by atoms with Crippen LogP contribution in [0.1, 0.15) is 1.43 Å². The van der Waals surface area contributed by atoms with Crippen molar-refractivity contribution >= 4 is 12.2 Å². The average Bonchev–Trinajstić information content (AvgIpc) is 2.18. The zero-order valence-corrected chi connectivity index (χ0v) is 8.43. The molecule has 52 valence electrons. The zero-order valence-electron chi connectivity index (χ0n) is 6.61. The second-order valence-electron chi connectivity index (χ2n) is 1.46. The first kappa shape index (κ1) is 10.2. The molecule has 0 unspecified atom stereocenters. The van der Waals surface area contributed by atoms with E-state index in [9.17, 15) is 0 Å². The van der Waals surface area contributed by atoms with Crippen molar-refractivity contribution in [1.82, 2.24) is 20.2 Å². The van der Waals surface area contributed by atoms with Gasteiger partial charge in [-0.25, -0.2) is 4.68 Å². The fourth-order valence-corrected chi connectivity index (χ4v) is 0.634. The van der Waals surface area contributed by atoms with E-state index in [0.29, 0.717) is 11.3 Å². The Hall–Kier alpha value is 0.250. The van der Waals surface area contributed by atoms with Crippen LogP contribution in [0.25, 0.3) is 0 Å². The summed E-state index contributed by atoms with van der Waals surface area (Å²) in [6.45, 7) is 0.462. The fourth-order valence-electron chi connectivity index (χ4n) is 0.462. The van der Waals surface area contributed by atoms with Crippen LogP contribution in [0.15, 0.2) is 0 Å². The summed E-state index contributed by atoms with van der Waals surface area (Å²) in [5.74, 6) is 0. The van der Waals surface area contributed by atoms with E-state index < -0.39 is 0 Å². The summed E-state index contributed by atoms with van der Waals surface area (Å²) in [6.07, 6.45) is 0. The molecule has 1 aromatic rings. The fraction of sp³-hybridized carbons (Fsp3) is 0.667. The number of aliphatic hydroxyl groups excluding tert-OH is 1. The van der Waals surface area contributed by atoms with Gasteiger partial charge in [0.1, 0.15) is 0 Å². The van der Waals surface area contributed by atoms with Gasteiger partial charge in [-0.1, -0.05) is 10.3 Å². The Balaban J connectivity index is 0. The van der Waals surface area contributed by atoms with Crippen molar-refractivity contribution in [3.8, 4) is 0 Å². The van der Waals surface area contributed by atoms with Gasteiger partial charge in [-0.2, -0.15) is 5.21 Å². The Morgan fingerprint density at radius 1 is 1.80 bits per heavy atom. The molecule has 2 N–H and O–H groups in total. The average molecular weight is 170 g/mol. The molecular formula is C3H7N4NaOS. The first-order valence-electron chi connectivity index (χ1n) is 2.43. The van der Waals surface area contributed by atoms with Crippen molar-refractivity contribution in [1.29, 1.82) is 0 Å². The maximum absolute atomic E-state index is 8.42. The van der Waals surface area contributed by atoms with E-state index in [1.165, 1.54) is 4.68 Å². The Labute approximate surface area is 86.2 Å². The summed E-state index contributed by atoms with van der Waals surface area (Å²) in [4.78, 5) is 0. The van der Waals surface area contributed by atoms with Crippen molar-refractivity contribution in [2.75, 3.05) is 6.61 Å². The van der Waals surface area contributed by atoms with Gasteiger partial charge >= 0.3 is 29.6 Å². The van der Waals surface area contributed by atoms with Crippen molar-refractivity contribution in [2.45, 2.75) is 6.54 Å². The van der Waals surface area contributed by atoms with Crippen LogP contribution in [-0.2, 0) is 6.54 Å². The minimum Gasteiger partial charge on any atom is -1.00 e. The van der Waals surface area contributed by atoms with Crippen LogP contribution in [0.2, 0.25) is 0 Å². The van der Waals surface area contributed by atoms with Crippen molar-refractivity contribution in [3.05, 3.63) is 4.77 Å². The van der Waals surface area contributed by atoms with Gasteiger partial charge in [0.2, 0.25) is 4.77 Å². The molecule has 0 aliphatic heterocycles. The smallest absolute Gasteiger partial charge is 1.00 e. The molecule has 0 bridgehead atoms. The predicted molar refractivity (Wildman–Crippen MR) is 33.4 cm³/mol. The molecule has 0 amide bonds. The molecule has 1 heterocycles. The van der Waals surface area contributed by atoms with Crippen LogP contribution in [-0.4, -0.2) is 31.9 Å². The molecule has 0 atom stereocenters. The number of tetrazole rings is 1. The Kier molecular flexibility index (Phi) is 5.10. The van der Waals surface area contributed by atoms with Gasteiger partial charge in [-0.05, 0) is 12.2 Å². The molecule has 0 saturated heterocycles. The molecule has 0 fully saturated rings. The second kappa shape index (κ2) is 4.97. The van der Waals surface area contributed by atoms with Crippen LogP contribution in [0, 0.1) is 4.77 Å². The van der Waals surface area contributed by atoms with E-state index in [4.69, 9.17) is 17.3 Å². The van der Waals surface area contributed by atoms with Crippen LogP contribution < -0.4 is 29.6 Å². The van der Waals surface area contributed by atoms with Gasteiger partial charge in [-0.3, -0.25) is 0 Å². The summed E-state index contributed by atoms with van der Waals surface area (Å²) < 4.78 is 1.85. The number of hydrogen-bond donors (Lipinski definition) is 2. The molecule has 0 spiro atoms. The first-order chi connectivity index (χ1) is 4.34. The number of nitrogens with one attached hydrogen (secondary N) is 1.